The molecule has 0 N–H and O–H groups in total. The minimum Gasteiger partial charge on any atom is -0.356 e. The Kier molecular flexibility index (Phi) is 3.10. The monoisotopic (exact) mass is 305 g/mol. The average Bonchev–Trinajstić information content (AvgIpc) is 1.86. The Morgan fingerprint density at radius 3 is 2.18 bits per heavy atom. The summed E-state index contributed by atoms with van der Waals surface area (Å²) >= 11 is 6.94. The largest absolute Gasteiger partial charge is 0.356 e. The second-order valence-electron chi connectivity index (χ2n) is 2.39. The first-order chi connectivity index (χ1) is 5.01. The molecule has 1 saturated heterocycles. The maximum atomic E-state index is 10.9. The van der Waals surface area contributed by atoms with Crippen LogP contribution in [-0.4, -0.2) is 40.9 Å². The summed E-state index contributed by atoms with van der Waals surface area (Å²) in [6.07, 6.45) is 0. The Morgan fingerprint density at radius 2 is 1.82 bits per heavy atom. The van der Waals surface area contributed by atoms with Crippen molar-refractivity contribution in [1.29, 1.82) is 0 Å². The van der Waals surface area contributed by atoms with Crippen LogP contribution in [0.4, 0.5) is 0 Å². The van der Waals surface area contributed by atoms with Crippen molar-refractivity contribution in [2.24, 2.45) is 0 Å². The van der Waals surface area contributed by atoms with E-state index in [1.807, 2.05) is 27.5 Å². The van der Waals surface area contributed by atoms with E-state index in [-0.39, 0.29) is 11.5 Å². The molecule has 0 saturated carbocycles. The summed E-state index contributed by atoms with van der Waals surface area (Å²) in [4.78, 5) is 1.91. The lowest BCUT2D eigenvalue weighted by Gasteiger charge is -2.26. The third-order valence-corrected chi connectivity index (χ3v) is 4.14. The first-order valence-corrected chi connectivity index (χ1v) is 6.47. The lowest BCUT2D eigenvalue weighted by Crippen LogP contribution is -2.41. The fraction of sp³-hybridized carbons (Fsp3) is 0.800. The zero-order valence-corrected chi connectivity index (χ0v) is 9.58. The van der Waals surface area contributed by atoms with E-state index < -0.39 is 9.84 Å². The van der Waals surface area contributed by atoms with E-state index in [9.17, 15) is 8.42 Å². The van der Waals surface area contributed by atoms with E-state index in [0.717, 1.165) is 3.00 Å². The summed E-state index contributed by atoms with van der Waals surface area (Å²) in [6, 6.07) is 0. The van der Waals surface area contributed by atoms with E-state index in [1.54, 1.807) is 0 Å². The molecular weight excluding hydrogens is 297 g/mol. The van der Waals surface area contributed by atoms with Crippen LogP contribution in [0.5, 0.6) is 0 Å². The number of rotatable bonds is 0. The molecule has 0 unspecified atom stereocenters. The van der Waals surface area contributed by atoms with E-state index >= 15 is 0 Å². The molecule has 1 rings (SSSR count). The van der Waals surface area contributed by atoms with Crippen molar-refractivity contribution < 1.29 is 8.42 Å². The van der Waals surface area contributed by atoms with Gasteiger partial charge in [-0.3, -0.25) is 0 Å². The molecule has 11 heavy (non-hydrogen) atoms. The van der Waals surface area contributed by atoms with E-state index in [0.29, 0.717) is 13.1 Å². The van der Waals surface area contributed by atoms with Crippen molar-refractivity contribution in [3.63, 3.8) is 0 Å². The highest BCUT2D eigenvalue weighted by atomic mass is 127. The van der Waals surface area contributed by atoms with E-state index in [4.69, 9.17) is 12.2 Å². The van der Waals surface area contributed by atoms with Crippen LogP contribution in [0, 0.1) is 0 Å². The fourth-order valence-corrected chi connectivity index (χ4v) is 2.75. The molecule has 0 spiro atoms. The molecule has 6 heteroatoms. The number of thiocarbonyl (C=S) groups is 1. The molecular formula is C5H8INO2S2. The SMILES string of the molecule is O=S1(=O)CCN(C(=S)I)CC1. The van der Waals surface area contributed by atoms with Crippen LogP contribution < -0.4 is 0 Å². The summed E-state index contributed by atoms with van der Waals surface area (Å²) in [7, 11) is -2.75. The van der Waals surface area contributed by atoms with Gasteiger partial charge in [-0.1, -0.05) is 12.2 Å². The summed E-state index contributed by atoms with van der Waals surface area (Å²) < 4.78 is 22.7. The third kappa shape index (κ3) is 2.83. The zero-order valence-electron chi connectivity index (χ0n) is 5.79. The Morgan fingerprint density at radius 1 is 1.36 bits per heavy atom. The van der Waals surface area contributed by atoms with Crippen LogP contribution in [0.15, 0.2) is 0 Å². The molecule has 0 radical (unpaired) electrons. The van der Waals surface area contributed by atoms with Crippen LogP contribution in [0.1, 0.15) is 0 Å². The Labute approximate surface area is 85.2 Å². The molecule has 1 aliphatic rings. The molecule has 0 amide bonds. The average molecular weight is 305 g/mol. The van der Waals surface area contributed by atoms with Gasteiger partial charge in [0.1, 0.15) is 3.00 Å². The van der Waals surface area contributed by atoms with Crippen LogP contribution in [0.25, 0.3) is 0 Å². The van der Waals surface area contributed by atoms with Gasteiger partial charge < -0.3 is 4.90 Å². The van der Waals surface area contributed by atoms with Crippen molar-refractivity contribution in [3.05, 3.63) is 0 Å². The predicted octanol–water partition coefficient (Wildman–Crippen LogP) is 0.437. The fourth-order valence-electron chi connectivity index (χ4n) is 0.888. The molecule has 1 aliphatic heterocycles. The van der Waals surface area contributed by atoms with Crippen molar-refractivity contribution in [2.45, 2.75) is 0 Å². The van der Waals surface area contributed by atoms with Crippen molar-refractivity contribution in [3.8, 4) is 0 Å². The Hall–Kier alpha value is 0.570. The van der Waals surface area contributed by atoms with Gasteiger partial charge in [0.15, 0.2) is 9.84 Å². The topological polar surface area (TPSA) is 37.4 Å². The van der Waals surface area contributed by atoms with Crippen molar-refractivity contribution in [1.82, 2.24) is 4.90 Å². The first-order valence-electron chi connectivity index (χ1n) is 3.16. The molecule has 3 nitrogen and oxygen atoms in total. The van der Waals surface area contributed by atoms with Gasteiger partial charge in [-0.05, 0) is 22.6 Å². The van der Waals surface area contributed by atoms with Gasteiger partial charge in [0.2, 0.25) is 0 Å². The number of sulfone groups is 1. The lowest BCUT2D eigenvalue weighted by atomic mass is 10.6. The molecule has 0 aliphatic carbocycles. The lowest BCUT2D eigenvalue weighted by molar-refractivity contribution is 0.458. The smallest absolute Gasteiger partial charge is 0.153 e. The summed E-state index contributed by atoms with van der Waals surface area (Å²) in [5.41, 5.74) is 0. The molecule has 1 heterocycles. The molecule has 0 aromatic rings. The van der Waals surface area contributed by atoms with Gasteiger partial charge in [-0.15, -0.1) is 0 Å². The number of nitrogens with zero attached hydrogens (tertiary/aromatic N) is 1. The highest BCUT2D eigenvalue weighted by Gasteiger charge is 2.21. The summed E-state index contributed by atoms with van der Waals surface area (Å²) in [5.74, 6) is 0.492. The van der Waals surface area contributed by atoms with E-state index in [2.05, 4.69) is 0 Å². The number of halogens is 1. The predicted molar refractivity (Wildman–Crippen MR) is 56.8 cm³/mol. The standard InChI is InChI=1S/C5H8INO2S2/c6-5(10)7-1-3-11(8,9)4-2-7/h1-4H2. The first kappa shape index (κ1) is 9.66. The molecule has 0 atom stereocenters. The van der Waals surface area contributed by atoms with Gasteiger partial charge in [0.25, 0.3) is 0 Å². The van der Waals surface area contributed by atoms with Gasteiger partial charge in [-0.25, -0.2) is 8.42 Å². The zero-order chi connectivity index (χ0) is 8.48. The van der Waals surface area contributed by atoms with Crippen LogP contribution in [0.2, 0.25) is 0 Å². The van der Waals surface area contributed by atoms with Crippen molar-refractivity contribution in [2.75, 3.05) is 24.6 Å². The minimum absolute atomic E-state index is 0.246. The second kappa shape index (κ2) is 3.53. The normalized spacial score (nSPS) is 23.2. The number of hydrogen-bond donors (Lipinski definition) is 0. The Bertz CT molecular complexity index is 248. The Balaban J connectivity index is 2.56. The molecule has 0 aromatic carbocycles. The van der Waals surface area contributed by atoms with Crippen molar-refractivity contribution >= 4 is 47.6 Å². The third-order valence-electron chi connectivity index (χ3n) is 1.59. The molecule has 0 bridgehead atoms. The summed E-state index contributed by atoms with van der Waals surface area (Å²) in [5, 5.41) is 0. The van der Waals surface area contributed by atoms with Gasteiger partial charge >= 0.3 is 0 Å². The van der Waals surface area contributed by atoms with Crippen LogP contribution in [0.3, 0.4) is 0 Å². The highest BCUT2D eigenvalue weighted by molar-refractivity contribution is 14.1. The van der Waals surface area contributed by atoms with Gasteiger partial charge in [0, 0.05) is 13.1 Å². The molecule has 1 fully saturated rings. The van der Waals surface area contributed by atoms with E-state index in [1.165, 1.54) is 0 Å². The van der Waals surface area contributed by atoms with Crippen LogP contribution >= 0.6 is 34.8 Å². The highest BCUT2D eigenvalue weighted by Crippen LogP contribution is 2.07. The maximum absolute atomic E-state index is 10.9. The molecule has 0 aromatic heterocycles. The van der Waals surface area contributed by atoms with Crippen LogP contribution in [-0.2, 0) is 9.84 Å². The quantitative estimate of drug-likeness (QED) is 0.282. The van der Waals surface area contributed by atoms with Gasteiger partial charge in [-0.2, -0.15) is 0 Å². The van der Waals surface area contributed by atoms with Gasteiger partial charge in [0.05, 0.1) is 11.5 Å². The summed E-state index contributed by atoms with van der Waals surface area (Å²) in [6.45, 7) is 1.12. The minimum atomic E-state index is -2.75. The maximum Gasteiger partial charge on any atom is 0.153 e. The molecule has 64 valence electrons. The second-order valence-corrected chi connectivity index (χ2v) is 6.84. The number of hydrogen-bond acceptors (Lipinski definition) is 3.